The molecule has 0 fully saturated rings. The maximum absolute atomic E-state index is 12.9. The van der Waals surface area contributed by atoms with E-state index in [-0.39, 0.29) is 5.56 Å². The minimum absolute atomic E-state index is 0.126. The first-order chi connectivity index (χ1) is 10.7. The fourth-order valence-electron chi connectivity index (χ4n) is 1.36. The van der Waals surface area contributed by atoms with Crippen LogP contribution < -0.4 is 0 Å². The van der Waals surface area contributed by atoms with E-state index in [1.54, 1.807) is 0 Å². The Hall–Kier alpha value is -1.64. The summed E-state index contributed by atoms with van der Waals surface area (Å²) in [4.78, 5) is 0. The van der Waals surface area contributed by atoms with Crippen molar-refractivity contribution in [2.45, 2.75) is 37.9 Å². The molecule has 0 heterocycles. The normalized spacial score (nSPS) is 15.8. The van der Waals surface area contributed by atoms with Crippen molar-refractivity contribution < 1.29 is 30.6 Å². The fourth-order valence-corrected chi connectivity index (χ4v) is 1.98. The molecule has 0 aromatic heterocycles. The molecule has 1 atom stereocenters. The molecule has 0 radical (unpaired) electrons. The van der Waals surface area contributed by atoms with E-state index in [1.807, 2.05) is 0 Å². The van der Waals surface area contributed by atoms with Crippen LogP contribution in [0.25, 0.3) is 6.08 Å². The molecule has 9 heteroatoms. The highest BCUT2D eigenvalue weighted by Crippen LogP contribution is 2.29. The fraction of sp³-hybridized carbons (Fsp3) is 0.400. The van der Waals surface area contributed by atoms with Crippen LogP contribution in [0.15, 0.2) is 34.7 Å². The van der Waals surface area contributed by atoms with Gasteiger partial charge in [-0.2, -0.15) is 30.7 Å². The van der Waals surface area contributed by atoms with Crippen LogP contribution in [0.5, 0.6) is 0 Å². The Bertz CT molecular complexity index is 651. The Labute approximate surface area is 137 Å². The van der Waals surface area contributed by atoms with Gasteiger partial charge in [0.25, 0.3) is 0 Å². The van der Waals surface area contributed by atoms with Gasteiger partial charge in [-0.25, -0.2) is 4.21 Å². The summed E-state index contributed by atoms with van der Waals surface area (Å²) >= 11 is 0. The molecule has 0 bridgehead atoms. The zero-order chi connectivity index (χ0) is 18.8. The van der Waals surface area contributed by atoms with Gasteiger partial charge in [-0.1, -0.05) is 18.2 Å². The van der Waals surface area contributed by atoms with E-state index in [0.717, 1.165) is 30.3 Å². The molecule has 0 aliphatic heterocycles. The molecule has 0 N–H and O–H groups in total. The average molecular weight is 371 g/mol. The van der Waals surface area contributed by atoms with Crippen molar-refractivity contribution in [3.63, 3.8) is 0 Å². The van der Waals surface area contributed by atoms with E-state index in [9.17, 15) is 30.6 Å². The summed E-state index contributed by atoms with van der Waals surface area (Å²) in [5, 5.41) is 0. The molecule has 1 unspecified atom stereocenters. The smallest absolute Gasteiger partial charge is 0.234 e. The van der Waals surface area contributed by atoms with Crippen molar-refractivity contribution >= 4 is 22.8 Å². The van der Waals surface area contributed by atoms with Gasteiger partial charge in [-0.05, 0) is 44.5 Å². The molecule has 1 rings (SSSR count). The van der Waals surface area contributed by atoms with Crippen LogP contribution >= 0.6 is 0 Å². The first kappa shape index (κ1) is 20.4. The number of rotatable bonds is 3. The standard InChI is InChI=1S/C15H15F6NOS/c1-13(2,3)24(23)22-12(15(19,20)21)9-6-10-4-7-11(8-5-10)14(16,17)18/h4-9H,1-3H3/b9-6+,22-12-. The van der Waals surface area contributed by atoms with Crippen LogP contribution in [0, 0.1) is 0 Å². The van der Waals surface area contributed by atoms with Crippen molar-refractivity contribution in [2.75, 3.05) is 0 Å². The molecule has 0 saturated carbocycles. The molecule has 1 aromatic rings. The third-order valence-corrected chi connectivity index (χ3v) is 4.08. The number of hydrogen-bond acceptors (Lipinski definition) is 1. The summed E-state index contributed by atoms with van der Waals surface area (Å²) < 4.78 is 90.0. The number of allylic oxidation sites excluding steroid dienone is 1. The highest BCUT2D eigenvalue weighted by atomic mass is 32.2. The van der Waals surface area contributed by atoms with E-state index in [4.69, 9.17) is 0 Å². The van der Waals surface area contributed by atoms with Gasteiger partial charge in [-0.3, -0.25) is 0 Å². The summed E-state index contributed by atoms with van der Waals surface area (Å²) in [7, 11) is -2.12. The number of nitrogens with zero attached hydrogens (tertiary/aromatic N) is 1. The molecule has 1 aromatic carbocycles. The predicted molar refractivity (Wildman–Crippen MR) is 81.9 cm³/mol. The van der Waals surface area contributed by atoms with Crippen molar-refractivity contribution in [3.8, 4) is 0 Å². The lowest BCUT2D eigenvalue weighted by atomic mass is 10.1. The van der Waals surface area contributed by atoms with Crippen LogP contribution in [0.3, 0.4) is 0 Å². The lowest BCUT2D eigenvalue weighted by molar-refractivity contribution is -0.137. The number of alkyl halides is 6. The Morgan fingerprint density at radius 1 is 1.00 bits per heavy atom. The van der Waals surface area contributed by atoms with Gasteiger partial charge in [0.15, 0.2) is 5.71 Å². The number of halogens is 6. The molecule has 0 aliphatic rings. The molecule has 2 nitrogen and oxygen atoms in total. The highest BCUT2D eigenvalue weighted by Gasteiger charge is 2.35. The van der Waals surface area contributed by atoms with Crippen LogP contribution in [-0.4, -0.2) is 20.8 Å². The third-order valence-electron chi connectivity index (χ3n) is 2.67. The minimum atomic E-state index is -4.83. The molecule has 0 amide bonds. The van der Waals surface area contributed by atoms with E-state index < -0.39 is 39.4 Å². The van der Waals surface area contributed by atoms with Gasteiger partial charge in [-0.15, -0.1) is 0 Å². The predicted octanol–water partition coefficient (Wildman–Crippen LogP) is 5.18. The Morgan fingerprint density at radius 3 is 1.88 bits per heavy atom. The van der Waals surface area contributed by atoms with E-state index >= 15 is 0 Å². The third kappa shape index (κ3) is 6.10. The van der Waals surface area contributed by atoms with E-state index in [2.05, 4.69) is 4.40 Å². The van der Waals surface area contributed by atoms with Crippen molar-refractivity contribution in [2.24, 2.45) is 4.40 Å². The summed E-state index contributed by atoms with van der Waals surface area (Å²) in [6.45, 7) is 4.42. The molecule has 134 valence electrons. The van der Waals surface area contributed by atoms with Crippen molar-refractivity contribution in [3.05, 3.63) is 41.5 Å². The lowest BCUT2D eigenvalue weighted by Gasteiger charge is -2.15. The summed E-state index contributed by atoms with van der Waals surface area (Å²) in [6.07, 6.45) is -7.80. The number of benzene rings is 1. The largest absolute Gasteiger partial charge is 0.434 e. The first-order valence-corrected chi connectivity index (χ1v) is 7.75. The van der Waals surface area contributed by atoms with Gasteiger partial charge >= 0.3 is 12.4 Å². The Balaban J connectivity index is 3.10. The minimum Gasteiger partial charge on any atom is -0.234 e. The maximum Gasteiger partial charge on any atom is 0.434 e. The zero-order valence-corrected chi connectivity index (χ0v) is 13.8. The van der Waals surface area contributed by atoms with Crippen LogP contribution in [0.2, 0.25) is 0 Å². The SMILES string of the molecule is CC(C)(C)S(=O)/N=C(/C=C/c1ccc(C(F)(F)F)cc1)C(F)(F)F. The van der Waals surface area contributed by atoms with E-state index in [0.29, 0.717) is 6.08 Å². The van der Waals surface area contributed by atoms with Crippen LogP contribution in [-0.2, 0) is 17.2 Å². The van der Waals surface area contributed by atoms with Crippen molar-refractivity contribution in [1.29, 1.82) is 0 Å². The number of hydrogen-bond donors (Lipinski definition) is 0. The Morgan fingerprint density at radius 2 is 1.50 bits per heavy atom. The molecule has 24 heavy (non-hydrogen) atoms. The summed E-state index contributed by atoms with van der Waals surface area (Å²) in [5.74, 6) is 0. The second-order valence-electron chi connectivity index (χ2n) is 5.79. The molecular formula is C15H15F6NOS. The zero-order valence-electron chi connectivity index (χ0n) is 13.0. The van der Waals surface area contributed by atoms with Gasteiger partial charge in [0, 0.05) is 0 Å². The molecule has 0 spiro atoms. The highest BCUT2D eigenvalue weighted by molar-refractivity contribution is 7.85. The van der Waals surface area contributed by atoms with Gasteiger partial charge in [0.05, 0.1) is 10.3 Å². The lowest BCUT2D eigenvalue weighted by Crippen LogP contribution is -2.26. The second-order valence-corrected chi connectivity index (χ2v) is 7.69. The molecule has 0 saturated heterocycles. The monoisotopic (exact) mass is 371 g/mol. The van der Waals surface area contributed by atoms with Gasteiger partial charge in [0.1, 0.15) is 11.0 Å². The average Bonchev–Trinajstić information content (AvgIpc) is 2.40. The quantitative estimate of drug-likeness (QED) is 0.531. The second kappa shape index (κ2) is 7.08. The van der Waals surface area contributed by atoms with Crippen LogP contribution in [0.4, 0.5) is 26.3 Å². The van der Waals surface area contributed by atoms with Gasteiger partial charge in [0.2, 0.25) is 0 Å². The molecule has 0 aliphatic carbocycles. The van der Waals surface area contributed by atoms with Gasteiger partial charge < -0.3 is 0 Å². The van der Waals surface area contributed by atoms with Crippen molar-refractivity contribution in [1.82, 2.24) is 0 Å². The maximum atomic E-state index is 12.9. The van der Waals surface area contributed by atoms with Crippen LogP contribution in [0.1, 0.15) is 31.9 Å². The Kier molecular flexibility index (Phi) is 6.02. The topological polar surface area (TPSA) is 29.4 Å². The summed E-state index contributed by atoms with van der Waals surface area (Å²) in [5.41, 5.74) is -2.14. The summed E-state index contributed by atoms with van der Waals surface area (Å²) in [6, 6.07) is 3.59. The van der Waals surface area contributed by atoms with E-state index in [1.165, 1.54) is 20.8 Å². The first-order valence-electron chi connectivity index (χ1n) is 6.64. The molecular weight excluding hydrogens is 356 g/mol.